The molecule has 0 bridgehead atoms. The minimum Gasteiger partial charge on any atom is -0.367 e. The highest BCUT2D eigenvalue weighted by Gasteiger charge is 2.30. The van der Waals surface area contributed by atoms with Crippen LogP contribution in [-0.2, 0) is 22.6 Å². The standard InChI is InChI=1S/C13H11F3N2O4S2/c1-24(21,22)11-6-10(18(19)20)12(23-11)17-7-8-3-2-4-9(5-8)13(14,15)16/h2-6,17H,7H2,1H3. The van der Waals surface area contributed by atoms with Crippen molar-refractivity contribution in [2.45, 2.75) is 16.9 Å². The minimum absolute atomic E-state index is 0.0298. The van der Waals surface area contributed by atoms with Gasteiger partial charge in [0.15, 0.2) is 14.8 Å². The molecule has 1 aromatic heterocycles. The number of hydrogen-bond acceptors (Lipinski definition) is 6. The minimum atomic E-state index is -4.49. The molecule has 1 aromatic carbocycles. The van der Waals surface area contributed by atoms with Gasteiger partial charge in [-0.2, -0.15) is 13.2 Å². The SMILES string of the molecule is CS(=O)(=O)c1cc([N+](=O)[O-])c(NCc2cccc(C(F)(F)F)c2)s1. The summed E-state index contributed by atoms with van der Waals surface area (Å²) in [5, 5.41) is 13.6. The fraction of sp³-hybridized carbons (Fsp3) is 0.231. The van der Waals surface area contributed by atoms with Crippen LogP contribution in [0.25, 0.3) is 0 Å². The summed E-state index contributed by atoms with van der Waals surface area (Å²) in [4.78, 5) is 10.2. The molecule has 6 nitrogen and oxygen atoms in total. The highest BCUT2D eigenvalue weighted by atomic mass is 32.2. The van der Waals surface area contributed by atoms with E-state index in [1.54, 1.807) is 0 Å². The Morgan fingerprint density at radius 1 is 1.29 bits per heavy atom. The maximum absolute atomic E-state index is 12.7. The molecule has 0 unspecified atom stereocenters. The van der Waals surface area contributed by atoms with E-state index in [9.17, 15) is 31.7 Å². The van der Waals surface area contributed by atoms with E-state index in [-0.39, 0.29) is 21.3 Å². The molecule has 130 valence electrons. The number of rotatable bonds is 5. The zero-order valence-corrected chi connectivity index (χ0v) is 13.8. The van der Waals surface area contributed by atoms with Crippen LogP contribution in [0.15, 0.2) is 34.5 Å². The van der Waals surface area contributed by atoms with E-state index in [4.69, 9.17) is 0 Å². The lowest BCUT2D eigenvalue weighted by atomic mass is 10.1. The first-order valence-corrected chi connectivity index (χ1v) is 9.07. The molecule has 0 spiro atoms. The smallest absolute Gasteiger partial charge is 0.367 e. The van der Waals surface area contributed by atoms with Crippen molar-refractivity contribution in [1.29, 1.82) is 0 Å². The van der Waals surface area contributed by atoms with Crippen molar-refractivity contribution in [3.05, 3.63) is 51.6 Å². The number of nitro groups is 1. The highest BCUT2D eigenvalue weighted by molar-refractivity contribution is 7.92. The Morgan fingerprint density at radius 3 is 2.50 bits per heavy atom. The Labute approximate surface area is 139 Å². The summed E-state index contributed by atoms with van der Waals surface area (Å²) >= 11 is 0.661. The molecule has 11 heteroatoms. The fourth-order valence-electron chi connectivity index (χ4n) is 1.84. The van der Waals surface area contributed by atoms with Gasteiger partial charge in [0, 0.05) is 18.9 Å². The van der Waals surface area contributed by atoms with Crippen molar-refractivity contribution < 1.29 is 26.5 Å². The van der Waals surface area contributed by atoms with Crippen LogP contribution < -0.4 is 5.32 Å². The number of anilines is 1. The molecule has 1 N–H and O–H groups in total. The number of nitrogens with one attached hydrogen (secondary N) is 1. The molecule has 0 fully saturated rings. The summed E-state index contributed by atoms with van der Waals surface area (Å²) in [5.74, 6) is 0. The van der Waals surface area contributed by atoms with Crippen LogP contribution >= 0.6 is 11.3 Å². The zero-order chi connectivity index (χ0) is 18.1. The topological polar surface area (TPSA) is 89.3 Å². The Morgan fingerprint density at radius 2 is 1.96 bits per heavy atom. The van der Waals surface area contributed by atoms with Crippen molar-refractivity contribution in [3.63, 3.8) is 0 Å². The fourth-order valence-corrected chi connectivity index (χ4v) is 3.78. The number of sulfone groups is 1. The quantitative estimate of drug-likeness (QED) is 0.631. The Kier molecular flexibility index (Phi) is 4.85. The molecule has 0 amide bonds. The van der Waals surface area contributed by atoms with Crippen LogP contribution in [0.2, 0.25) is 0 Å². The molecule has 0 aliphatic heterocycles. The normalized spacial score (nSPS) is 12.2. The van der Waals surface area contributed by atoms with Crippen LogP contribution in [0.1, 0.15) is 11.1 Å². The predicted octanol–water partition coefficient (Wildman–Crippen LogP) is 3.69. The summed E-state index contributed by atoms with van der Waals surface area (Å²) < 4.78 is 60.8. The summed E-state index contributed by atoms with van der Waals surface area (Å²) in [7, 11) is -3.62. The molecular formula is C13H11F3N2O4S2. The third-order valence-corrected chi connectivity index (χ3v) is 5.84. The monoisotopic (exact) mass is 380 g/mol. The molecule has 1 heterocycles. The second kappa shape index (κ2) is 6.40. The number of hydrogen-bond donors (Lipinski definition) is 1. The van der Waals surface area contributed by atoms with Gasteiger partial charge in [0.1, 0.15) is 4.21 Å². The molecular weight excluding hydrogens is 369 g/mol. The number of benzene rings is 1. The Bertz CT molecular complexity index is 876. The molecule has 24 heavy (non-hydrogen) atoms. The van der Waals surface area contributed by atoms with Gasteiger partial charge in [-0.05, 0) is 17.7 Å². The maximum atomic E-state index is 12.7. The third-order valence-electron chi connectivity index (χ3n) is 2.96. The predicted molar refractivity (Wildman–Crippen MR) is 82.9 cm³/mol. The Balaban J connectivity index is 2.26. The molecule has 0 radical (unpaired) electrons. The van der Waals surface area contributed by atoms with Gasteiger partial charge in [0.25, 0.3) is 0 Å². The average Bonchev–Trinajstić information content (AvgIpc) is 2.89. The van der Waals surface area contributed by atoms with Crippen LogP contribution in [-0.4, -0.2) is 19.6 Å². The zero-order valence-electron chi connectivity index (χ0n) is 12.1. The van der Waals surface area contributed by atoms with Crippen molar-refractivity contribution in [2.24, 2.45) is 0 Å². The van der Waals surface area contributed by atoms with E-state index < -0.39 is 32.2 Å². The van der Waals surface area contributed by atoms with E-state index in [1.807, 2.05) is 0 Å². The molecule has 0 aliphatic rings. The maximum Gasteiger partial charge on any atom is 0.416 e. The van der Waals surface area contributed by atoms with Gasteiger partial charge in [0.05, 0.1) is 10.5 Å². The first-order chi connectivity index (χ1) is 11.0. The second-order valence-electron chi connectivity index (χ2n) is 4.86. The first-order valence-electron chi connectivity index (χ1n) is 6.37. The number of halogens is 3. The summed E-state index contributed by atoms with van der Waals surface area (Å²) in [6.07, 6.45) is -3.58. The van der Waals surface area contributed by atoms with Crippen molar-refractivity contribution >= 4 is 31.9 Å². The molecule has 0 atom stereocenters. The van der Waals surface area contributed by atoms with Crippen LogP contribution in [0, 0.1) is 10.1 Å². The summed E-state index contributed by atoms with van der Waals surface area (Å²) in [5.41, 5.74) is -1.01. The van der Waals surface area contributed by atoms with E-state index in [0.717, 1.165) is 24.5 Å². The average molecular weight is 380 g/mol. The lowest BCUT2D eigenvalue weighted by molar-refractivity contribution is -0.383. The molecule has 2 rings (SSSR count). The van der Waals surface area contributed by atoms with E-state index in [0.29, 0.717) is 11.3 Å². The number of thiophene rings is 1. The highest BCUT2D eigenvalue weighted by Crippen LogP contribution is 2.37. The number of alkyl halides is 3. The van der Waals surface area contributed by atoms with E-state index in [2.05, 4.69) is 5.32 Å². The van der Waals surface area contributed by atoms with Gasteiger partial charge in [-0.25, -0.2) is 8.42 Å². The van der Waals surface area contributed by atoms with Gasteiger partial charge >= 0.3 is 11.9 Å². The largest absolute Gasteiger partial charge is 0.416 e. The first kappa shape index (κ1) is 18.2. The second-order valence-corrected chi connectivity index (χ2v) is 8.16. The van der Waals surface area contributed by atoms with Crippen molar-refractivity contribution in [2.75, 3.05) is 11.6 Å². The van der Waals surface area contributed by atoms with E-state index in [1.165, 1.54) is 12.1 Å². The van der Waals surface area contributed by atoms with Gasteiger partial charge < -0.3 is 5.32 Å². The van der Waals surface area contributed by atoms with E-state index >= 15 is 0 Å². The summed E-state index contributed by atoms with van der Waals surface area (Å²) in [6.45, 7) is -0.117. The number of nitrogens with zero attached hydrogens (tertiary/aromatic N) is 1. The Hall–Kier alpha value is -2.14. The molecule has 0 aliphatic carbocycles. The molecule has 0 saturated heterocycles. The van der Waals surface area contributed by atoms with Gasteiger partial charge in [-0.1, -0.05) is 23.5 Å². The van der Waals surface area contributed by atoms with Gasteiger partial charge in [-0.3, -0.25) is 10.1 Å². The molecule has 2 aromatic rings. The van der Waals surface area contributed by atoms with Crippen molar-refractivity contribution in [1.82, 2.24) is 0 Å². The lowest BCUT2D eigenvalue weighted by Crippen LogP contribution is -2.06. The van der Waals surface area contributed by atoms with Crippen LogP contribution in [0.5, 0.6) is 0 Å². The van der Waals surface area contributed by atoms with Crippen molar-refractivity contribution in [3.8, 4) is 0 Å². The van der Waals surface area contributed by atoms with Gasteiger partial charge in [0.2, 0.25) is 0 Å². The molecule has 0 saturated carbocycles. The van der Waals surface area contributed by atoms with Gasteiger partial charge in [-0.15, -0.1) is 0 Å². The lowest BCUT2D eigenvalue weighted by Gasteiger charge is -2.09. The van der Waals surface area contributed by atoms with Crippen LogP contribution in [0.4, 0.5) is 23.9 Å². The summed E-state index contributed by atoms with van der Waals surface area (Å²) in [6, 6.07) is 5.42. The third kappa shape index (κ3) is 4.23. The van der Waals surface area contributed by atoms with Crippen LogP contribution in [0.3, 0.4) is 0 Å².